The monoisotopic (exact) mass is 113 g/mol. The van der Waals surface area contributed by atoms with E-state index < -0.39 is 5.97 Å². The van der Waals surface area contributed by atoms with E-state index in [1.165, 1.54) is 6.92 Å². The minimum Gasteiger partial charge on any atom is -0.545 e. The van der Waals surface area contributed by atoms with Crippen LogP contribution in [0.15, 0.2) is 25.3 Å². The summed E-state index contributed by atoms with van der Waals surface area (Å²) in [4.78, 5) is 9.49. The third-order valence-electron chi connectivity index (χ3n) is 0.348. The Hall–Kier alpha value is -1.05. The first-order chi connectivity index (χ1) is 3.64. The van der Waals surface area contributed by atoms with Gasteiger partial charge in [0, 0.05) is 0 Å². The lowest BCUT2D eigenvalue weighted by atomic mass is 10.4. The molecule has 0 aromatic heterocycles. The second-order valence-electron chi connectivity index (χ2n) is 1.07. The van der Waals surface area contributed by atoms with E-state index in [1.807, 2.05) is 0 Å². The fourth-order valence-corrected chi connectivity index (χ4v) is 0. The van der Waals surface area contributed by atoms with E-state index >= 15 is 0 Å². The Balaban J connectivity index is 0. The Morgan fingerprint density at radius 3 is 1.62 bits per heavy atom. The summed E-state index contributed by atoms with van der Waals surface area (Å²) in [5.41, 5.74) is 0.0648. The summed E-state index contributed by atoms with van der Waals surface area (Å²) in [6.07, 6.45) is 0. The van der Waals surface area contributed by atoms with Crippen LogP contribution >= 0.6 is 0 Å². The number of carboxylic acid groups (broad SMARTS) is 1. The van der Waals surface area contributed by atoms with Gasteiger partial charge in [0.1, 0.15) is 0 Å². The van der Waals surface area contributed by atoms with Crippen LogP contribution in [0.3, 0.4) is 0 Å². The highest BCUT2D eigenvalue weighted by Gasteiger charge is 1.76. The highest BCUT2D eigenvalue weighted by atomic mass is 16.4. The molecule has 2 nitrogen and oxygen atoms in total. The van der Waals surface area contributed by atoms with E-state index in [-0.39, 0.29) is 5.57 Å². The van der Waals surface area contributed by atoms with E-state index in [9.17, 15) is 9.90 Å². The minimum atomic E-state index is -1.19. The summed E-state index contributed by atoms with van der Waals surface area (Å²) in [5.74, 6) is -1.19. The number of hydrogen-bond acceptors (Lipinski definition) is 2. The normalized spacial score (nSPS) is 6.12. The van der Waals surface area contributed by atoms with Gasteiger partial charge >= 0.3 is 0 Å². The minimum absolute atomic E-state index is 0.0648. The molecule has 8 heavy (non-hydrogen) atoms. The molecule has 0 atom stereocenters. The molecular formula is C6H9O2-. The van der Waals surface area contributed by atoms with Gasteiger partial charge in [-0.1, -0.05) is 6.58 Å². The van der Waals surface area contributed by atoms with Gasteiger partial charge in [0.15, 0.2) is 0 Å². The fourth-order valence-electron chi connectivity index (χ4n) is 0. The Kier molecular flexibility index (Phi) is 7.47. The van der Waals surface area contributed by atoms with Gasteiger partial charge in [-0.15, -0.1) is 13.2 Å². The van der Waals surface area contributed by atoms with Crippen LogP contribution in [0.1, 0.15) is 6.92 Å². The van der Waals surface area contributed by atoms with Crippen molar-refractivity contribution in [3.05, 3.63) is 25.3 Å². The van der Waals surface area contributed by atoms with Crippen molar-refractivity contribution in [1.82, 2.24) is 0 Å². The van der Waals surface area contributed by atoms with Gasteiger partial charge in [0.2, 0.25) is 0 Å². The molecule has 0 spiro atoms. The van der Waals surface area contributed by atoms with E-state index in [1.54, 1.807) is 0 Å². The van der Waals surface area contributed by atoms with Crippen LogP contribution in [0.2, 0.25) is 0 Å². The molecule has 0 amide bonds. The van der Waals surface area contributed by atoms with E-state index in [4.69, 9.17) is 0 Å². The van der Waals surface area contributed by atoms with Crippen LogP contribution in [0.25, 0.3) is 0 Å². The van der Waals surface area contributed by atoms with Crippen LogP contribution in [0, 0.1) is 0 Å². The summed E-state index contributed by atoms with van der Waals surface area (Å²) in [7, 11) is 0. The van der Waals surface area contributed by atoms with Gasteiger partial charge < -0.3 is 9.90 Å². The molecule has 0 radical (unpaired) electrons. The van der Waals surface area contributed by atoms with Crippen LogP contribution in [-0.2, 0) is 4.79 Å². The molecule has 0 N–H and O–H groups in total. The van der Waals surface area contributed by atoms with Gasteiger partial charge in [0.25, 0.3) is 0 Å². The molecular weight excluding hydrogens is 104 g/mol. The van der Waals surface area contributed by atoms with Crippen LogP contribution in [0.5, 0.6) is 0 Å². The molecule has 0 saturated carbocycles. The molecule has 0 heterocycles. The van der Waals surface area contributed by atoms with Gasteiger partial charge in [-0.05, 0) is 12.5 Å². The quantitative estimate of drug-likeness (QED) is 0.358. The van der Waals surface area contributed by atoms with Crippen molar-refractivity contribution in [2.75, 3.05) is 0 Å². The molecule has 0 bridgehead atoms. The molecule has 0 aliphatic carbocycles. The summed E-state index contributed by atoms with van der Waals surface area (Å²) in [6.45, 7) is 10.5. The van der Waals surface area contributed by atoms with Gasteiger partial charge in [-0.2, -0.15) is 0 Å². The molecule has 46 valence electrons. The zero-order valence-corrected chi connectivity index (χ0v) is 4.94. The second kappa shape index (κ2) is 5.95. The van der Waals surface area contributed by atoms with Crippen molar-refractivity contribution in [3.8, 4) is 0 Å². The summed E-state index contributed by atoms with van der Waals surface area (Å²) in [5, 5.41) is 9.49. The smallest absolute Gasteiger partial charge is 0.0666 e. The van der Waals surface area contributed by atoms with Crippen molar-refractivity contribution in [2.24, 2.45) is 0 Å². The Labute approximate surface area is 49.1 Å². The van der Waals surface area contributed by atoms with E-state index in [0.29, 0.717) is 0 Å². The first kappa shape index (κ1) is 10.0. The maximum Gasteiger partial charge on any atom is 0.0666 e. The number of carbonyl (C=O) groups excluding carboxylic acids is 1. The van der Waals surface area contributed by atoms with Gasteiger partial charge in [-0.25, -0.2) is 0 Å². The van der Waals surface area contributed by atoms with Crippen molar-refractivity contribution >= 4 is 5.97 Å². The number of carbonyl (C=O) groups is 1. The zero-order chi connectivity index (χ0) is 7.15. The maximum absolute atomic E-state index is 9.49. The molecule has 0 aliphatic heterocycles. The van der Waals surface area contributed by atoms with Crippen LogP contribution in [0.4, 0.5) is 0 Å². The van der Waals surface area contributed by atoms with Crippen molar-refractivity contribution in [3.63, 3.8) is 0 Å². The lowest BCUT2D eigenvalue weighted by Gasteiger charge is -1.93. The molecule has 0 aliphatic rings. The van der Waals surface area contributed by atoms with Crippen molar-refractivity contribution in [2.45, 2.75) is 6.92 Å². The molecule has 0 aromatic carbocycles. The highest BCUT2D eigenvalue weighted by Crippen LogP contribution is 1.77. The first-order valence-electron chi connectivity index (χ1n) is 2.01. The predicted molar refractivity (Wildman–Crippen MR) is 31.1 cm³/mol. The topological polar surface area (TPSA) is 40.1 Å². The van der Waals surface area contributed by atoms with Gasteiger partial charge in [0.05, 0.1) is 5.97 Å². The number of aliphatic carboxylic acids is 1. The zero-order valence-electron chi connectivity index (χ0n) is 4.94. The molecule has 0 fully saturated rings. The Morgan fingerprint density at radius 1 is 1.50 bits per heavy atom. The Bertz CT molecular complexity index is 82.7. The number of hydrogen-bond donors (Lipinski definition) is 0. The van der Waals surface area contributed by atoms with E-state index in [2.05, 4.69) is 19.7 Å². The average molecular weight is 113 g/mol. The highest BCUT2D eigenvalue weighted by molar-refractivity contribution is 5.82. The standard InChI is InChI=1S/C4H6O2.C2H4/c1-3(2)4(5)6;1-2/h1H2,2H3,(H,5,6);1-2H2/p-1. The third kappa shape index (κ3) is 8.87. The number of carboxylic acids is 1. The number of rotatable bonds is 1. The summed E-state index contributed by atoms with van der Waals surface area (Å²) >= 11 is 0. The molecule has 0 rings (SSSR count). The van der Waals surface area contributed by atoms with Crippen molar-refractivity contribution in [1.29, 1.82) is 0 Å². The second-order valence-corrected chi connectivity index (χ2v) is 1.07. The first-order valence-corrected chi connectivity index (χ1v) is 2.01. The molecule has 2 heteroatoms. The lowest BCUT2D eigenvalue weighted by molar-refractivity contribution is -0.299. The lowest BCUT2D eigenvalue weighted by Crippen LogP contribution is -2.22. The average Bonchev–Trinajstić information content (AvgIpc) is 1.72. The fraction of sp³-hybridized carbons (Fsp3) is 0.167. The van der Waals surface area contributed by atoms with Crippen LogP contribution < -0.4 is 5.11 Å². The molecule has 0 saturated heterocycles. The van der Waals surface area contributed by atoms with E-state index in [0.717, 1.165) is 0 Å². The Morgan fingerprint density at radius 2 is 1.62 bits per heavy atom. The predicted octanol–water partition coefficient (Wildman–Crippen LogP) is 0.115. The largest absolute Gasteiger partial charge is 0.545 e. The van der Waals surface area contributed by atoms with Crippen molar-refractivity contribution < 1.29 is 9.90 Å². The maximum atomic E-state index is 9.49. The SMILES string of the molecule is C=C.C=C(C)C(=O)[O-]. The third-order valence-corrected chi connectivity index (χ3v) is 0.348. The summed E-state index contributed by atoms with van der Waals surface area (Å²) < 4.78 is 0. The van der Waals surface area contributed by atoms with Crippen LogP contribution in [-0.4, -0.2) is 5.97 Å². The molecule has 0 aromatic rings. The van der Waals surface area contributed by atoms with Gasteiger partial charge in [-0.3, -0.25) is 0 Å². The molecule has 0 unspecified atom stereocenters. The summed E-state index contributed by atoms with van der Waals surface area (Å²) in [6, 6.07) is 0.